The van der Waals surface area contributed by atoms with Crippen LogP contribution in [0.25, 0.3) is 0 Å². The van der Waals surface area contributed by atoms with Crippen LogP contribution in [-0.4, -0.2) is 11.7 Å². The highest BCUT2D eigenvalue weighted by atomic mass is 32.2. The van der Waals surface area contributed by atoms with Crippen molar-refractivity contribution in [3.8, 4) is 0 Å². The van der Waals surface area contributed by atoms with Gasteiger partial charge in [-0.3, -0.25) is 0 Å². The van der Waals surface area contributed by atoms with Gasteiger partial charge in [-0.25, -0.2) is 0 Å². The first-order valence-electron chi connectivity index (χ1n) is 6.12. The summed E-state index contributed by atoms with van der Waals surface area (Å²) in [7, 11) is 0. The van der Waals surface area contributed by atoms with Gasteiger partial charge in [0.25, 0.3) is 0 Å². The summed E-state index contributed by atoms with van der Waals surface area (Å²) >= 11 is 1.77. The third-order valence-corrected chi connectivity index (χ3v) is 3.59. The predicted molar refractivity (Wildman–Crippen MR) is 74.6 cm³/mol. The third kappa shape index (κ3) is 3.89. The molecular weight excluding hydrogens is 244 g/mol. The highest BCUT2D eigenvalue weighted by Crippen LogP contribution is 2.23. The summed E-state index contributed by atoms with van der Waals surface area (Å²) in [5.41, 5.74) is 2.25. The maximum atomic E-state index is 5.18. The third-order valence-electron chi connectivity index (χ3n) is 2.56. The number of benzene rings is 1. The Hall–Kier alpha value is -1.26. The molecule has 1 N–H and O–H groups in total. The van der Waals surface area contributed by atoms with Gasteiger partial charge in [0.15, 0.2) is 0 Å². The molecule has 0 amide bonds. The molecule has 2 rings (SSSR count). The van der Waals surface area contributed by atoms with E-state index in [1.165, 1.54) is 10.5 Å². The first kappa shape index (κ1) is 13.2. The van der Waals surface area contributed by atoms with E-state index in [9.17, 15) is 0 Å². The molecule has 0 fully saturated rings. The predicted octanol–water partition coefficient (Wildman–Crippen LogP) is 3.38. The number of nitrogens with zero attached hydrogens (tertiary/aromatic N) is 1. The fraction of sp³-hybridized carbons (Fsp3) is 0.357. The molecule has 2 aromatic rings. The lowest BCUT2D eigenvalue weighted by atomic mass is 10.2. The molecule has 18 heavy (non-hydrogen) atoms. The average molecular weight is 262 g/mol. The summed E-state index contributed by atoms with van der Waals surface area (Å²) in [6.45, 7) is 5.99. The number of aryl methyl sites for hydroxylation is 1. The van der Waals surface area contributed by atoms with Crippen molar-refractivity contribution in [2.24, 2.45) is 0 Å². The first-order valence-corrected chi connectivity index (χ1v) is 7.11. The minimum atomic E-state index is 0.827. The summed E-state index contributed by atoms with van der Waals surface area (Å²) in [4.78, 5) is 1.25. The normalized spacial score (nSPS) is 10.8. The Labute approximate surface area is 112 Å². The van der Waals surface area contributed by atoms with Crippen molar-refractivity contribution in [3.05, 3.63) is 47.3 Å². The second-order valence-electron chi connectivity index (χ2n) is 4.15. The Morgan fingerprint density at radius 3 is 2.67 bits per heavy atom. The van der Waals surface area contributed by atoms with E-state index in [0.29, 0.717) is 0 Å². The lowest BCUT2D eigenvalue weighted by Gasteiger charge is -2.03. The summed E-state index contributed by atoms with van der Waals surface area (Å²) < 4.78 is 5.18. The Kier molecular flexibility index (Phi) is 4.84. The van der Waals surface area contributed by atoms with Crippen LogP contribution in [0, 0.1) is 6.92 Å². The summed E-state index contributed by atoms with van der Waals surface area (Å²) in [6.07, 6.45) is 0. The standard InChI is InChI=1S/C14H18N2OS/c1-3-15-9-12-4-6-14(7-5-12)18-10-13-8-11(2)16-17-13/h4-8,15H,3,9-10H2,1-2H3. The molecule has 0 aliphatic rings. The highest BCUT2D eigenvalue weighted by molar-refractivity contribution is 7.98. The first-order chi connectivity index (χ1) is 8.78. The largest absolute Gasteiger partial charge is 0.360 e. The van der Waals surface area contributed by atoms with Crippen LogP contribution < -0.4 is 5.32 Å². The van der Waals surface area contributed by atoms with Crippen LogP contribution in [0.4, 0.5) is 0 Å². The van der Waals surface area contributed by atoms with Crippen LogP contribution in [-0.2, 0) is 12.3 Å². The van der Waals surface area contributed by atoms with Crippen LogP contribution in [0.5, 0.6) is 0 Å². The van der Waals surface area contributed by atoms with Crippen LogP contribution in [0.3, 0.4) is 0 Å². The molecular formula is C14H18N2OS. The van der Waals surface area contributed by atoms with Crippen LogP contribution >= 0.6 is 11.8 Å². The molecule has 0 aliphatic carbocycles. The molecule has 3 nitrogen and oxygen atoms in total. The van der Waals surface area contributed by atoms with Gasteiger partial charge >= 0.3 is 0 Å². The molecule has 0 radical (unpaired) electrons. The number of hydrogen-bond acceptors (Lipinski definition) is 4. The van der Waals surface area contributed by atoms with E-state index in [2.05, 4.69) is 41.7 Å². The fourth-order valence-electron chi connectivity index (χ4n) is 1.61. The van der Waals surface area contributed by atoms with Gasteiger partial charge in [0.05, 0.1) is 11.4 Å². The molecule has 0 atom stereocenters. The lowest BCUT2D eigenvalue weighted by Crippen LogP contribution is -2.11. The van der Waals surface area contributed by atoms with Crippen molar-refractivity contribution in [1.29, 1.82) is 0 Å². The molecule has 1 heterocycles. The molecule has 0 spiro atoms. The molecule has 0 aliphatic heterocycles. The Balaban J connectivity index is 1.86. The molecule has 0 saturated heterocycles. The van der Waals surface area contributed by atoms with E-state index in [4.69, 9.17) is 4.52 Å². The maximum Gasteiger partial charge on any atom is 0.147 e. The lowest BCUT2D eigenvalue weighted by molar-refractivity contribution is 0.391. The Morgan fingerprint density at radius 2 is 2.06 bits per heavy atom. The van der Waals surface area contributed by atoms with E-state index >= 15 is 0 Å². The molecule has 1 aromatic carbocycles. The SMILES string of the molecule is CCNCc1ccc(SCc2cc(C)no2)cc1. The number of thioether (sulfide) groups is 1. The zero-order valence-corrected chi connectivity index (χ0v) is 11.6. The van der Waals surface area contributed by atoms with Crippen molar-refractivity contribution >= 4 is 11.8 Å². The number of nitrogens with one attached hydrogen (secondary N) is 1. The van der Waals surface area contributed by atoms with Crippen molar-refractivity contribution in [1.82, 2.24) is 10.5 Å². The van der Waals surface area contributed by atoms with E-state index in [-0.39, 0.29) is 0 Å². The van der Waals surface area contributed by atoms with Gasteiger partial charge < -0.3 is 9.84 Å². The van der Waals surface area contributed by atoms with Gasteiger partial charge in [0.2, 0.25) is 0 Å². The van der Waals surface area contributed by atoms with E-state index < -0.39 is 0 Å². The smallest absolute Gasteiger partial charge is 0.147 e. The van der Waals surface area contributed by atoms with E-state index in [0.717, 1.165) is 30.3 Å². The van der Waals surface area contributed by atoms with Crippen molar-refractivity contribution in [2.45, 2.75) is 31.0 Å². The maximum absolute atomic E-state index is 5.18. The molecule has 96 valence electrons. The van der Waals surface area contributed by atoms with Gasteiger partial charge in [0, 0.05) is 17.5 Å². The number of aromatic nitrogens is 1. The second kappa shape index (κ2) is 6.61. The summed E-state index contributed by atoms with van der Waals surface area (Å²) in [5.74, 6) is 1.75. The minimum absolute atomic E-state index is 0.827. The highest BCUT2D eigenvalue weighted by Gasteiger charge is 2.02. The van der Waals surface area contributed by atoms with Crippen LogP contribution in [0.1, 0.15) is 23.9 Å². The second-order valence-corrected chi connectivity index (χ2v) is 5.20. The molecule has 0 unspecified atom stereocenters. The molecule has 0 saturated carbocycles. The molecule has 4 heteroatoms. The molecule has 1 aromatic heterocycles. The number of rotatable bonds is 6. The Bertz CT molecular complexity index is 479. The molecule has 0 bridgehead atoms. The Morgan fingerprint density at radius 1 is 1.28 bits per heavy atom. The zero-order chi connectivity index (χ0) is 12.8. The quantitative estimate of drug-likeness (QED) is 0.810. The van der Waals surface area contributed by atoms with Gasteiger partial charge in [0.1, 0.15) is 5.76 Å². The number of hydrogen-bond donors (Lipinski definition) is 1. The van der Waals surface area contributed by atoms with Crippen LogP contribution in [0.2, 0.25) is 0 Å². The summed E-state index contributed by atoms with van der Waals surface area (Å²) in [5, 5.41) is 7.19. The van der Waals surface area contributed by atoms with Crippen molar-refractivity contribution in [3.63, 3.8) is 0 Å². The van der Waals surface area contributed by atoms with E-state index in [1.54, 1.807) is 11.8 Å². The topological polar surface area (TPSA) is 38.1 Å². The van der Waals surface area contributed by atoms with Crippen molar-refractivity contribution < 1.29 is 4.52 Å². The monoisotopic (exact) mass is 262 g/mol. The van der Waals surface area contributed by atoms with Gasteiger partial charge in [-0.1, -0.05) is 24.2 Å². The van der Waals surface area contributed by atoms with E-state index in [1.807, 2.05) is 13.0 Å². The van der Waals surface area contributed by atoms with Gasteiger partial charge in [-0.2, -0.15) is 0 Å². The van der Waals surface area contributed by atoms with Crippen molar-refractivity contribution in [2.75, 3.05) is 6.54 Å². The zero-order valence-electron chi connectivity index (χ0n) is 10.8. The minimum Gasteiger partial charge on any atom is -0.360 e. The van der Waals surface area contributed by atoms with Crippen LogP contribution in [0.15, 0.2) is 39.8 Å². The fourth-order valence-corrected chi connectivity index (χ4v) is 2.39. The van der Waals surface area contributed by atoms with Gasteiger partial charge in [-0.05, 0) is 31.2 Å². The summed E-state index contributed by atoms with van der Waals surface area (Å²) in [6, 6.07) is 10.6. The average Bonchev–Trinajstić information content (AvgIpc) is 2.81. The van der Waals surface area contributed by atoms with Gasteiger partial charge in [-0.15, -0.1) is 11.8 Å².